The third kappa shape index (κ3) is 21.6. The first-order chi connectivity index (χ1) is 21.3. The Morgan fingerprint density at radius 1 is 0.349 bits per heavy atom. The SMILES string of the molecule is CCCCCCCCCCCCCCCc1cc(CCCCCCCCCCCCCCC)cc(Oc2ccccc2)c1. The standard InChI is InChI=1S/C42H70O/c1-3-5-7-9-11-13-15-17-19-21-23-25-28-32-39-36-40(38-42(37-39)43-41-34-30-27-31-35-41)33-29-26-24-22-20-18-16-14-12-10-8-6-4-2/h27,30-31,34-38H,3-26,28-29,32-33H2,1-2H3. The summed E-state index contributed by atoms with van der Waals surface area (Å²) in [4.78, 5) is 0. The summed E-state index contributed by atoms with van der Waals surface area (Å²) in [7, 11) is 0. The van der Waals surface area contributed by atoms with Crippen LogP contribution in [0.25, 0.3) is 0 Å². The molecule has 0 atom stereocenters. The fraction of sp³-hybridized carbons (Fsp3) is 0.714. The van der Waals surface area contributed by atoms with Gasteiger partial charge in [0.25, 0.3) is 0 Å². The highest BCUT2D eigenvalue weighted by molar-refractivity contribution is 5.38. The first-order valence-electron chi connectivity index (χ1n) is 19.2. The highest BCUT2D eigenvalue weighted by Gasteiger charge is 2.05. The van der Waals surface area contributed by atoms with E-state index >= 15 is 0 Å². The predicted octanol–water partition coefficient (Wildman–Crippen LogP) is 14.7. The van der Waals surface area contributed by atoms with E-state index < -0.39 is 0 Å². The van der Waals surface area contributed by atoms with E-state index in [1.54, 1.807) is 0 Å². The quantitative estimate of drug-likeness (QED) is 0.0822. The lowest BCUT2D eigenvalue weighted by molar-refractivity contribution is 0.480. The second-order valence-corrected chi connectivity index (χ2v) is 13.4. The molecule has 0 unspecified atom stereocenters. The normalized spacial score (nSPS) is 11.3. The summed E-state index contributed by atoms with van der Waals surface area (Å²) < 4.78 is 6.30. The average Bonchev–Trinajstić information content (AvgIpc) is 3.02. The minimum Gasteiger partial charge on any atom is -0.457 e. The minimum atomic E-state index is 0.938. The molecule has 0 fully saturated rings. The average molecular weight is 591 g/mol. The molecule has 0 spiro atoms. The van der Waals surface area contributed by atoms with Gasteiger partial charge in [-0.2, -0.15) is 0 Å². The second-order valence-electron chi connectivity index (χ2n) is 13.4. The highest BCUT2D eigenvalue weighted by Crippen LogP contribution is 2.26. The van der Waals surface area contributed by atoms with Crippen molar-refractivity contribution < 1.29 is 4.74 Å². The molecule has 0 saturated heterocycles. The van der Waals surface area contributed by atoms with Crippen LogP contribution in [0.1, 0.15) is 192 Å². The lowest BCUT2D eigenvalue weighted by Gasteiger charge is -2.12. The van der Waals surface area contributed by atoms with Gasteiger partial charge in [-0.25, -0.2) is 0 Å². The minimum absolute atomic E-state index is 0.938. The van der Waals surface area contributed by atoms with Gasteiger partial charge in [0.05, 0.1) is 0 Å². The zero-order valence-electron chi connectivity index (χ0n) is 28.8. The molecule has 0 bridgehead atoms. The number of aryl methyl sites for hydroxylation is 2. The topological polar surface area (TPSA) is 9.23 Å². The molecule has 2 aromatic rings. The van der Waals surface area contributed by atoms with Crippen LogP contribution < -0.4 is 4.74 Å². The van der Waals surface area contributed by atoms with E-state index in [4.69, 9.17) is 4.74 Å². The van der Waals surface area contributed by atoms with Gasteiger partial charge in [0.15, 0.2) is 0 Å². The van der Waals surface area contributed by atoms with Gasteiger partial charge < -0.3 is 4.74 Å². The maximum absolute atomic E-state index is 6.30. The number of para-hydroxylation sites is 1. The summed E-state index contributed by atoms with van der Waals surface area (Å²) in [6.07, 6.45) is 39.0. The van der Waals surface area contributed by atoms with Crippen LogP contribution in [0.5, 0.6) is 11.5 Å². The molecule has 43 heavy (non-hydrogen) atoms. The molecular formula is C42H70O. The zero-order valence-corrected chi connectivity index (χ0v) is 28.8. The molecule has 0 saturated carbocycles. The van der Waals surface area contributed by atoms with Crippen LogP contribution in [0.4, 0.5) is 0 Å². The molecular weight excluding hydrogens is 520 g/mol. The maximum atomic E-state index is 6.30. The van der Waals surface area contributed by atoms with Gasteiger partial charge in [-0.3, -0.25) is 0 Å². The number of benzene rings is 2. The van der Waals surface area contributed by atoms with Crippen molar-refractivity contribution in [2.45, 2.75) is 194 Å². The van der Waals surface area contributed by atoms with Crippen LogP contribution in [0, 0.1) is 0 Å². The molecule has 244 valence electrons. The van der Waals surface area contributed by atoms with E-state index in [2.05, 4.69) is 62.4 Å². The van der Waals surface area contributed by atoms with Crippen molar-refractivity contribution in [1.82, 2.24) is 0 Å². The molecule has 0 radical (unpaired) electrons. The molecule has 0 heterocycles. The summed E-state index contributed by atoms with van der Waals surface area (Å²) in [6, 6.07) is 17.3. The van der Waals surface area contributed by atoms with Crippen molar-refractivity contribution in [3.8, 4) is 11.5 Å². The van der Waals surface area contributed by atoms with Crippen LogP contribution in [0.3, 0.4) is 0 Å². The Hall–Kier alpha value is -1.76. The van der Waals surface area contributed by atoms with Crippen LogP contribution in [-0.2, 0) is 12.8 Å². The number of rotatable bonds is 30. The molecule has 2 aromatic carbocycles. The Kier molecular flexibility index (Phi) is 24.2. The van der Waals surface area contributed by atoms with E-state index in [1.165, 1.54) is 191 Å². The van der Waals surface area contributed by atoms with Gasteiger partial charge in [-0.05, 0) is 61.1 Å². The second kappa shape index (κ2) is 27.8. The van der Waals surface area contributed by atoms with Crippen molar-refractivity contribution in [2.24, 2.45) is 0 Å². The predicted molar refractivity (Wildman–Crippen MR) is 192 cm³/mol. The highest BCUT2D eigenvalue weighted by atomic mass is 16.5. The Balaban J connectivity index is 1.62. The Labute approximate surface area is 269 Å². The zero-order chi connectivity index (χ0) is 30.5. The molecule has 1 heteroatoms. The monoisotopic (exact) mass is 591 g/mol. The first kappa shape index (κ1) is 37.4. The van der Waals surface area contributed by atoms with E-state index in [1.807, 2.05) is 0 Å². The molecule has 0 aliphatic heterocycles. The van der Waals surface area contributed by atoms with Gasteiger partial charge in [0, 0.05) is 0 Å². The van der Waals surface area contributed by atoms with Crippen molar-refractivity contribution in [2.75, 3.05) is 0 Å². The number of unbranched alkanes of at least 4 members (excludes halogenated alkanes) is 24. The summed E-state index contributed by atoms with van der Waals surface area (Å²) in [5, 5.41) is 0. The third-order valence-electron chi connectivity index (χ3n) is 9.14. The maximum Gasteiger partial charge on any atom is 0.127 e. The van der Waals surface area contributed by atoms with Crippen LogP contribution in [0.2, 0.25) is 0 Å². The molecule has 0 N–H and O–H groups in total. The summed E-state index contributed by atoms with van der Waals surface area (Å²) >= 11 is 0. The van der Waals surface area contributed by atoms with Gasteiger partial charge >= 0.3 is 0 Å². The molecule has 0 amide bonds. The molecule has 0 aromatic heterocycles. The Bertz CT molecular complexity index is 808. The molecule has 0 aliphatic carbocycles. The summed E-state index contributed by atoms with van der Waals surface area (Å²) in [5.41, 5.74) is 2.92. The van der Waals surface area contributed by atoms with Gasteiger partial charge in [0.1, 0.15) is 11.5 Å². The van der Waals surface area contributed by atoms with E-state index in [-0.39, 0.29) is 0 Å². The van der Waals surface area contributed by atoms with E-state index in [0.717, 1.165) is 11.5 Å². The number of hydrogen-bond acceptors (Lipinski definition) is 1. The van der Waals surface area contributed by atoms with Gasteiger partial charge in [-0.15, -0.1) is 0 Å². The van der Waals surface area contributed by atoms with Crippen LogP contribution in [0.15, 0.2) is 48.5 Å². The smallest absolute Gasteiger partial charge is 0.127 e. The Morgan fingerprint density at radius 2 is 0.674 bits per heavy atom. The lowest BCUT2D eigenvalue weighted by atomic mass is 9.99. The fourth-order valence-electron chi connectivity index (χ4n) is 6.39. The molecule has 0 aliphatic rings. The van der Waals surface area contributed by atoms with Crippen molar-refractivity contribution in [3.05, 3.63) is 59.7 Å². The molecule has 2 rings (SSSR count). The summed E-state index contributed by atoms with van der Waals surface area (Å²) in [6.45, 7) is 4.60. The van der Waals surface area contributed by atoms with Crippen LogP contribution in [-0.4, -0.2) is 0 Å². The third-order valence-corrected chi connectivity index (χ3v) is 9.14. The largest absolute Gasteiger partial charge is 0.457 e. The van der Waals surface area contributed by atoms with Gasteiger partial charge in [0.2, 0.25) is 0 Å². The van der Waals surface area contributed by atoms with E-state index in [0.29, 0.717) is 0 Å². The lowest BCUT2D eigenvalue weighted by Crippen LogP contribution is -1.94. The van der Waals surface area contributed by atoms with Gasteiger partial charge in [-0.1, -0.05) is 192 Å². The van der Waals surface area contributed by atoms with Crippen molar-refractivity contribution >= 4 is 0 Å². The number of ether oxygens (including phenoxy) is 1. The fourth-order valence-corrected chi connectivity index (χ4v) is 6.39. The van der Waals surface area contributed by atoms with E-state index in [9.17, 15) is 0 Å². The number of hydrogen-bond donors (Lipinski definition) is 0. The van der Waals surface area contributed by atoms with Crippen molar-refractivity contribution in [1.29, 1.82) is 0 Å². The Morgan fingerprint density at radius 3 is 1.02 bits per heavy atom. The van der Waals surface area contributed by atoms with Crippen LogP contribution >= 0.6 is 0 Å². The van der Waals surface area contributed by atoms with Crippen molar-refractivity contribution in [3.63, 3.8) is 0 Å². The summed E-state index contributed by atoms with van der Waals surface area (Å²) in [5.74, 6) is 1.95. The first-order valence-corrected chi connectivity index (χ1v) is 19.2. The molecule has 1 nitrogen and oxygen atoms in total.